The standard InChI is InChI=1S/C19H26N6O4S.HI/c1-20-18(26)16-5-3-15(4-6-16)13-22-19(21-2)24-8-10-25(11-9-24)30(27,28)14-17-7-12-29-23-17;/h3-7,12H,8-11,13-14H2,1-2H3,(H,20,26)(H,21,22);1H. The van der Waals surface area contributed by atoms with E-state index >= 15 is 0 Å². The summed E-state index contributed by atoms with van der Waals surface area (Å²) in [5.74, 6) is 0.420. The first-order valence-corrected chi connectivity index (χ1v) is 11.2. The molecule has 1 aromatic heterocycles. The Morgan fingerprint density at radius 2 is 1.84 bits per heavy atom. The summed E-state index contributed by atoms with van der Waals surface area (Å²) in [6.07, 6.45) is 1.37. The minimum absolute atomic E-state index is 0. The minimum atomic E-state index is -3.44. The van der Waals surface area contributed by atoms with Gasteiger partial charge in [-0.05, 0) is 17.7 Å². The fourth-order valence-corrected chi connectivity index (χ4v) is 4.62. The summed E-state index contributed by atoms with van der Waals surface area (Å²) in [6, 6.07) is 8.88. The number of nitrogens with zero attached hydrogens (tertiary/aromatic N) is 4. The van der Waals surface area contributed by atoms with Crippen LogP contribution in [0, 0.1) is 0 Å². The maximum absolute atomic E-state index is 12.6. The van der Waals surface area contributed by atoms with Crippen molar-refractivity contribution in [2.24, 2.45) is 4.99 Å². The number of sulfonamides is 1. The molecule has 0 saturated carbocycles. The second kappa shape index (κ2) is 11.4. The lowest BCUT2D eigenvalue weighted by Crippen LogP contribution is -2.53. The molecule has 1 aliphatic rings. The highest BCUT2D eigenvalue weighted by Crippen LogP contribution is 2.13. The van der Waals surface area contributed by atoms with Crippen LogP contribution in [0.3, 0.4) is 0 Å². The predicted molar refractivity (Wildman–Crippen MR) is 128 cm³/mol. The molecular weight excluding hydrogens is 535 g/mol. The largest absolute Gasteiger partial charge is 0.364 e. The molecule has 1 aliphatic heterocycles. The Morgan fingerprint density at radius 1 is 1.16 bits per heavy atom. The molecule has 2 aromatic rings. The van der Waals surface area contributed by atoms with Gasteiger partial charge in [-0.2, -0.15) is 4.31 Å². The number of hydrogen-bond donors (Lipinski definition) is 2. The van der Waals surface area contributed by atoms with Gasteiger partial charge in [0.15, 0.2) is 5.96 Å². The Bertz CT molecular complexity index is 971. The Morgan fingerprint density at radius 3 is 2.39 bits per heavy atom. The maximum Gasteiger partial charge on any atom is 0.251 e. The van der Waals surface area contributed by atoms with Crippen molar-refractivity contribution in [3.8, 4) is 0 Å². The Hall–Kier alpha value is -2.19. The first-order valence-electron chi connectivity index (χ1n) is 9.56. The fraction of sp³-hybridized carbons (Fsp3) is 0.421. The van der Waals surface area contributed by atoms with Crippen LogP contribution in [0.5, 0.6) is 0 Å². The average Bonchev–Trinajstić information content (AvgIpc) is 3.26. The van der Waals surface area contributed by atoms with Gasteiger partial charge in [-0.15, -0.1) is 24.0 Å². The minimum Gasteiger partial charge on any atom is -0.364 e. The van der Waals surface area contributed by atoms with E-state index in [2.05, 4.69) is 20.8 Å². The third kappa shape index (κ3) is 6.64. The summed E-state index contributed by atoms with van der Waals surface area (Å²) in [5.41, 5.74) is 2.02. The number of carbonyl (C=O) groups is 1. The van der Waals surface area contributed by atoms with Gasteiger partial charge in [0.1, 0.15) is 12.0 Å². The molecular formula is C19H27IN6O4S. The van der Waals surface area contributed by atoms with E-state index in [0.717, 1.165) is 5.56 Å². The van der Waals surface area contributed by atoms with Crippen LogP contribution in [0.15, 0.2) is 46.1 Å². The molecule has 0 aliphatic carbocycles. The van der Waals surface area contributed by atoms with Crippen molar-refractivity contribution in [2.75, 3.05) is 40.3 Å². The molecule has 1 aromatic carbocycles. The van der Waals surface area contributed by atoms with Crippen molar-refractivity contribution in [3.05, 3.63) is 53.4 Å². The highest BCUT2D eigenvalue weighted by atomic mass is 127. The van der Waals surface area contributed by atoms with Gasteiger partial charge in [0.25, 0.3) is 5.91 Å². The fourth-order valence-electron chi connectivity index (χ4n) is 3.20. The Balaban J connectivity index is 0.00000341. The number of piperazine rings is 1. The SMILES string of the molecule is CN=C(NCc1ccc(C(=O)NC)cc1)N1CCN(S(=O)(=O)Cc2ccon2)CC1.I. The van der Waals surface area contributed by atoms with E-state index in [-0.39, 0.29) is 35.6 Å². The van der Waals surface area contributed by atoms with Crippen molar-refractivity contribution in [1.82, 2.24) is 25.0 Å². The molecule has 0 atom stereocenters. The molecule has 0 spiro atoms. The van der Waals surface area contributed by atoms with Crippen LogP contribution in [0.25, 0.3) is 0 Å². The van der Waals surface area contributed by atoms with E-state index in [0.29, 0.717) is 49.9 Å². The van der Waals surface area contributed by atoms with Gasteiger partial charge in [0.05, 0.1) is 5.69 Å². The summed E-state index contributed by atoms with van der Waals surface area (Å²) < 4.78 is 31.3. The normalized spacial score (nSPS) is 15.3. The molecule has 1 saturated heterocycles. The van der Waals surface area contributed by atoms with E-state index < -0.39 is 10.0 Å². The second-order valence-corrected chi connectivity index (χ2v) is 8.78. The van der Waals surface area contributed by atoms with Gasteiger partial charge in [0.2, 0.25) is 10.0 Å². The number of amides is 1. The van der Waals surface area contributed by atoms with Crippen LogP contribution in [-0.4, -0.2) is 74.9 Å². The molecule has 0 bridgehead atoms. The number of nitrogens with one attached hydrogen (secondary N) is 2. The van der Waals surface area contributed by atoms with E-state index in [9.17, 15) is 13.2 Å². The average molecular weight is 562 g/mol. The summed E-state index contributed by atoms with van der Waals surface area (Å²) in [7, 11) is -0.142. The molecule has 2 heterocycles. The summed E-state index contributed by atoms with van der Waals surface area (Å²) in [5, 5.41) is 9.57. The number of halogens is 1. The lowest BCUT2D eigenvalue weighted by molar-refractivity contribution is 0.0963. The molecule has 10 nitrogen and oxygen atoms in total. The molecule has 170 valence electrons. The van der Waals surface area contributed by atoms with Crippen LogP contribution in [0.2, 0.25) is 0 Å². The monoisotopic (exact) mass is 562 g/mol. The summed E-state index contributed by atoms with van der Waals surface area (Å²) in [4.78, 5) is 18.0. The molecule has 12 heteroatoms. The van der Waals surface area contributed by atoms with E-state index in [4.69, 9.17) is 4.52 Å². The van der Waals surface area contributed by atoms with Crippen molar-refractivity contribution in [1.29, 1.82) is 0 Å². The van der Waals surface area contributed by atoms with Gasteiger partial charge in [-0.3, -0.25) is 9.79 Å². The number of carbonyl (C=O) groups excluding carboxylic acids is 1. The van der Waals surface area contributed by atoms with Gasteiger partial charge in [-0.1, -0.05) is 17.3 Å². The molecule has 0 unspecified atom stereocenters. The first kappa shape index (κ1) is 25.1. The Labute approximate surface area is 199 Å². The van der Waals surface area contributed by atoms with Gasteiger partial charge < -0.3 is 20.1 Å². The number of rotatable bonds is 6. The molecule has 31 heavy (non-hydrogen) atoms. The summed E-state index contributed by atoms with van der Waals surface area (Å²) in [6.45, 7) is 2.37. The predicted octanol–water partition coefficient (Wildman–Crippen LogP) is 0.875. The second-order valence-electron chi connectivity index (χ2n) is 6.81. The van der Waals surface area contributed by atoms with Crippen LogP contribution >= 0.6 is 24.0 Å². The van der Waals surface area contributed by atoms with E-state index in [1.807, 2.05) is 17.0 Å². The van der Waals surface area contributed by atoms with E-state index in [1.54, 1.807) is 32.3 Å². The van der Waals surface area contributed by atoms with Crippen molar-refractivity contribution < 1.29 is 17.7 Å². The van der Waals surface area contributed by atoms with Crippen LogP contribution < -0.4 is 10.6 Å². The lowest BCUT2D eigenvalue weighted by atomic mass is 10.1. The molecule has 1 amide bonds. The zero-order chi connectivity index (χ0) is 21.6. The molecule has 3 rings (SSSR count). The first-order chi connectivity index (χ1) is 14.4. The maximum atomic E-state index is 12.6. The van der Waals surface area contributed by atoms with Gasteiger partial charge >= 0.3 is 0 Å². The zero-order valence-electron chi connectivity index (χ0n) is 17.4. The van der Waals surface area contributed by atoms with Crippen molar-refractivity contribution in [3.63, 3.8) is 0 Å². The van der Waals surface area contributed by atoms with E-state index in [1.165, 1.54) is 10.6 Å². The number of guanidine groups is 1. The number of hydrogen-bond acceptors (Lipinski definition) is 6. The van der Waals surface area contributed by atoms with Crippen molar-refractivity contribution >= 4 is 45.9 Å². The lowest BCUT2D eigenvalue weighted by Gasteiger charge is -2.35. The quantitative estimate of drug-likeness (QED) is 0.305. The zero-order valence-corrected chi connectivity index (χ0v) is 20.6. The topological polar surface area (TPSA) is 120 Å². The molecule has 0 radical (unpaired) electrons. The van der Waals surface area contributed by atoms with Crippen LogP contribution in [0.1, 0.15) is 21.6 Å². The molecule has 2 N–H and O–H groups in total. The van der Waals surface area contributed by atoms with Gasteiger partial charge in [-0.25, -0.2) is 8.42 Å². The third-order valence-electron chi connectivity index (χ3n) is 4.86. The highest BCUT2D eigenvalue weighted by Gasteiger charge is 2.28. The third-order valence-corrected chi connectivity index (χ3v) is 6.67. The van der Waals surface area contributed by atoms with Crippen LogP contribution in [-0.2, 0) is 22.3 Å². The number of aliphatic imine (C=N–C) groups is 1. The van der Waals surface area contributed by atoms with Gasteiger partial charge in [0, 0.05) is 58.4 Å². The molecule has 1 fully saturated rings. The Kier molecular flexibility index (Phi) is 9.25. The number of aromatic nitrogens is 1. The van der Waals surface area contributed by atoms with Crippen LogP contribution in [0.4, 0.5) is 0 Å². The number of benzene rings is 1. The van der Waals surface area contributed by atoms with Crippen molar-refractivity contribution in [2.45, 2.75) is 12.3 Å². The smallest absolute Gasteiger partial charge is 0.251 e. The highest BCUT2D eigenvalue weighted by molar-refractivity contribution is 14.0. The summed E-state index contributed by atoms with van der Waals surface area (Å²) >= 11 is 0.